The highest BCUT2D eigenvalue weighted by Crippen LogP contribution is 2.22. The minimum absolute atomic E-state index is 0.775. The van der Waals surface area contributed by atoms with Crippen LogP contribution in [-0.2, 0) is 9.09 Å². The Balaban J connectivity index is 2.96. The Morgan fingerprint density at radius 2 is 1.25 bits per heavy atom. The van der Waals surface area contributed by atoms with Crippen molar-refractivity contribution in [1.82, 2.24) is 0 Å². The molecule has 0 saturated heterocycles. The van der Waals surface area contributed by atoms with Crippen molar-refractivity contribution in [2.75, 3.05) is 13.3 Å². The molecule has 98 valence electrons. The van der Waals surface area contributed by atoms with Gasteiger partial charge in [-0.2, -0.15) is 0 Å². The standard InChI is InChI=1S/C13H29O2P/c1-3-4-5-6-7-8-9-10-11-12-13-16(14)15-2/h16H,3-13H2,1-2H3. The predicted molar refractivity (Wildman–Crippen MR) is 72.7 cm³/mol. The Bertz CT molecular complexity index is 160. The van der Waals surface area contributed by atoms with Gasteiger partial charge in [-0.25, -0.2) is 0 Å². The summed E-state index contributed by atoms with van der Waals surface area (Å²) in [7, 11) is -0.147. The Kier molecular flexibility index (Phi) is 13.4. The quantitative estimate of drug-likeness (QED) is 0.358. The van der Waals surface area contributed by atoms with Crippen LogP contribution < -0.4 is 0 Å². The molecule has 2 nitrogen and oxygen atoms in total. The summed E-state index contributed by atoms with van der Waals surface area (Å²) in [4.78, 5) is 0. The molecule has 1 atom stereocenters. The molecule has 0 aliphatic rings. The molecule has 0 radical (unpaired) electrons. The Hall–Kier alpha value is 0.190. The summed E-state index contributed by atoms with van der Waals surface area (Å²) >= 11 is 0. The van der Waals surface area contributed by atoms with E-state index >= 15 is 0 Å². The fourth-order valence-electron chi connectivity index (χ4n) is 1.86. The Morgan fingerprint density at radius 3 is 1.69 bits per heavy atom. The third-order valence-corrected chi connectivity index (χ3v) is 4.18. The van der Waals surface area contributed by atoms with Gasteiger partial charge in [-0.1, -0.05) is 64.7 Å². The summed E-state index contributed by atoms with van der Waals surface area (Å²) < 4.78 is 15.8. The molecule has 16 heavy (non-hydrogen) atoms. The summed E-state index contributed by atoms with van der Waals surface area (Å²) in [6, 6.07) is 0. The maximum atomic E-state index is 11.0. The molecule has 0 N–H and O–H groups in total. The zero-order valence-corrected chi connectivity index (χ0v) is 12.1. The Morgan fingerprint density at radius 1 is 0.812 bits per heavy atom. The first-order chi connectivity index (χ1) is 7.81. The van der Waals surface area contributed by atoms with Crippen molar-refractivity contribution in [2.45, 2.75) is 71.1 Å². The molecule has 0 heterocycles. The van der Waals surface area contributed by atoms with Gasteiger partial charge in [0, 0.05) is 13.3 Å². The van der Waals surface area contributed by atoms with Crippen LogP contribution >= 0.6 is 8.03 Å². The van der Waals surface area contributed by atoms with Gasteiger partial charge in [-0.15, -0.1) is 0 Å². The van der Waals surface area contributed by atoms with Crippen molar-refractivity contribution in [3.8, 4) is 0 Å². The average Bonchev–Trinajstić information content (AvgIpc) is 2.31. The highest BCUT2D eigenvalue weighted by Gasteiger charge is 1.96. The summed E-state index contributed by atoms with van der Waals surface area (Å²) in [5, 5.41) is 0. The molecule has 0 aromatic rings. The molecular formula is C13H29O2P. The van der Waals surface area contributed by atoms with Gasteiger partial charge in [-0.3, -0.25) is 4.57 Å². The van der Waals surface area contributed by atoms with Crippen molar-refractivity contribution in [3.05, 3.63) is 0 Å². The normalized spacial score (nSPS) is 12.9. The molecule has 0 fully saturated rings. The molecule has 0 saturated carbocycles. The zero-order chi connectivity index (χ0) is 12.1. The van der Waals surface area contributed by atoms with Crippen LogP contribution in [0.4, 0.5) is 0 Å². The molecule has 3 heteroatoms. The van der Waals surface area contributed by atoms with E-state index in [-0.39, 0.29) is 0 Å². The maximum Gasteiger partial charge on any atom is 0.191 e. The van der Waals surface area contributed by atoms with Crippen LogP contribution in [0.2, 0.25) is 0 Å². The van der Waals surface area contributed by atoms with Crippen molar-refractivity contribution in [3.63, 3.8) is 0 Å². The van der Waals surface area contributed by atoms with Crippen LogP contribution in [0.1, 0.15) is 71.1 Å². The highest BCUT2D eigenvalue weighted by atomic mass is 31.1. The first-order valence-electron chi connectivity index (χ1n) is 6.88. The van der Waals surface area contributed by atoms with Crippen LogP contribution in [-0.4, -0.2) is 13.3 Å². The minimum atomic E-state index is -1.69. The molecule has 0 bridgehead atoms. The summed E-state index contributed by atoms with van der Waals surface area (Å²) in [6.45, 7) is 2.26. The summed E-state index contributed by atoms with van der Waals surface area (Å²) in [5.74, 6) is 0. The average molecular weight is 248 g/mol. The van der Waals surface area contributed by atoms with E-state index < -0.39 is 8.03 Å². The fraction of sp³-hybridized carbons (Fsp3) is 1.00. The number of rotatable bonds is 12. The Labute approximate surface area is 102 Å². The van der Waals surface area contributed by atoms with E-state index in [9.17, 15) is 4.57 Å². The van der Waals surface area contributed by atoms with Gasteiger partial charge < -0.3 is 4.52 Å². The third kappa shape index (κ3) is 12.3. The maximum absolute atomic E-state index is 11.0. The third-order valence-electron chi connectivity index (χ3n) is 2.96. The first-order valence-corrected chi connectivity index (χ1v) is 8.40. The molecule has 0 aliphatic heterocycles. The van der Waals surface area contributed by atoms with Gasteiger partial charge in [0.25, 0.3) is 0 Å². The van der Waals surface area contributed by atoms with E-state index in [0.717, 1.165) is 12.6 Å². The molecular weight excluding hydrogens is 219 g/mol. The van der Waals surface area contributed by atoms with Crippen molar-refractivity contribution in [1.29, 1.82) is 0 Å². The van der Waals surface area contributed by atoms with Crippen molar-refractivity contribution < 1.29 is 9.09 Å². The van der Waals surface area contributed by atoms with Crippen LogP contribution in [0.25, 0.3) is 0 Å². The van der Waals surface area contributed by atoms with Crippen molar-refractivity contribution >= 4 is 8.03 Å². The monoisotopic (exact) mass is 248 g/mol. The van der Waals surface area contributed by atoms with Crippen LogP contribution in [0.3, 0.4) is 0 Å². The molecule has 0 aromatic carbocycles. The second-order valence-corrected chi connectivity index (χ2v) is 6.16. The number of unbranched alkanes of at least 4 members (excludes halogenated alkanes) is 9. The van der Waals surface area contributed by atoms with Gasteiger partial charge in [0.15, 0.2) is 8.03 Å². The fourth-order valence-corrected chi connectivity index (χ4v) is 2.60. The second kappa shape index (κ2) is 13.3. The largest absolute Gasteiger partial charge is 0.334 e. The molecule has 0 aromatic heterocycles. The van der Waals surface area contributed by atoms with Gasteiger partial charge in [0.05, 0.1) is 0 Å². The van der Waals surface area contributed by atoms with Crippen LogP contribution in [0, 0.1) is 0 Å². The predicted octanol–water partition coefficient (Wildman–Crippen LogP) is 5.03. The van der Waals surface area contributed by atoms with E-state index in [4.69, 9.17) is 4.52 Å². The lowest BCUT2D eigenvalue weighted by atomic mass is 10.1. The number of hydrogen-bond donors (Lipinski definition) is 0. The van der Waals surface area contributed by atoms with Crippen molar-refractivity contribution in [2.24, 2.45) is 0 Å². The molecule has 0 amide bonds. The lowest BCUT2D eigenvalue weighted by Crippen LogP contribution is -1.84. The van der Waals surface area contributed by atoms with Gasteiger partial charge in [-0.05, 0) is 6.42 Å². The summed E-state index contributed by atoms with van der Waals surface area (Å²) in [6.07, 6.45) is 14.0. The lowest BCUT2D eigenvalue weighted by molar-refractivity contribution is 0.413. The highest BCUT2D eigenvalue weighted by molar-refractivity contribution is 7.39. The smallest absolute Gasteiger partial charge is 0.191 e. The minimum Gasteiger partial charge on any atom is -0.334 e. The van der Waals surface area contributed by atoms with Crippen LogP contribution in [0.5, 0.6) is 0 Å². The molecule has 0 aliphatic carbocycles. The molecule has 0 rings (SSSR count). The topological polar surface area (TPSA) is 26.3 Å². The zero-order valence-electron chi connectivity index (χ0n) is 11.1. The summed E-state index contributed by atoms with van der Waals surface area (Å²) in [5.41, 5.74) is 0. The van der Waals surface area contributed by atoms with E-state index in [1.807, 2.05) is 0 Å². The van der Waals surface area contributed by atoms with Crippen LogP contribution in [0.15, 0.2) is 0 Å². The molecule has 1 unspecified atom stereocenters. The van der Waals surface area contributed by atoms with Gasteiger partial charge in [0.2, 0.25) is 0 Å². The lowest BCUT2D eigenvalue weighted by Gasteiger charge is -2.02. The van der Waals surface area contributed by atoms with Gasteiger partial charge >= 0.3 is 0 Å². The number of hydrogen-bond acceptors (Lipinski definition) is 2. The second-order valence-electron chi connectivity index (χ2n) is 4.51. The SMILES string of the molecule is CCCCCCCCCCCC[PH](=O)OC. The van der Waals surface area contributed by atoms with E-state index in [1.165, 1.54) is 64.9 Å². The van der Waals surface area contributed by atoms with E-state index in [2.05, 4.69) is 6.92 Å². The van der Waals surface area contributed by atoms with E-state index in [0.29, 0.717) is 0 Å². The first kappa shape index (κ1) is 16.2. The molecule has 0 spiro atoms. The van der Waals surface area contributed by atoms with E-state index in [1.54, 1.807) is 0 Å². The van der Waals surface area contributed by atoms with Gasteiger partial charge in [0.1, 0.15) is 0 Å².